The highest BCUT2D eigenvalue weighted by atomic mass is 19.3. The molecule has 0 aliphatic carbocycles. The van der Waals surface area contributed by atoms with E-state index in [-0.39, 0.29) is 39.6 Å². The summed E-state index contributed by atoms with van der Waals surface area (Å²) in [4.78, 5) is 14.0. The first-order chi connectivity index (χ1) is 10.9. The normalized spacial score (nSPS) is 14.1. The van der Waals surface area contributed by atoms with Crippen molar-refractivity contribution < 1.29 is 18.3 Å². The van der Waals surface area contributed by atoms with Crippen LogP contribution in [-0.2, 0) is 0 Å². The first-order valence-electron chi connectivity index (χ1n) is 6.12. The number of alkyl halides is 2. The summed E-state index contributed by atoms with van der Waals surface area (Å²) in [5.41, 5.74) is 4.38. The summed E-state index contributed by atoms with van der Waals surface area (Å²) in [6.45, 7) is 0. The predicted molar refractivity (Wildman–Crippen MR) is 72.5 cm³/mol. The smallest absolute Gasteiger partial charge is 0.395 e. The first kappa shape index (κ1) is 14.4. The third-order valence-electron chi connectivity index (χ3n) is 3.16. The lowest BCUT2D eigenvalue weighted by atomic mass is 9.96. The molecule has 9 heteroatoms. The average Bonchev–Trinajstić information content (AvgIpc) is 2.79. The number of nitriles is 2. The van der Waals surface area contributed by atoms with Gasteiger partial charge in [-0.2, -0.15) is 10.5 Å². The summed E-state index contributed by atoms with van der Waals surface area (Å²) in [5.74, 6) is -0.706. The highest BCUT2D eigenvalue weighted by Gasteiger charge is 2.43. The fourth-order valence-electron chi connectivity index (χ4n) is 2.24. The number of H-pyrrole nitrogens is 1. The molecular weight excluding hydrogens is 310 g/mol. The van der Waals surface area contributed by atoms with Gasteiger partial charge in [0.15, 0.2) is 11.5 Å². The lowest BCUT2D eigenvalue weighted by Gasteiger charge is -2.09. The summed E-state index contributed by atoms with van der Waals surface area (Å²) < 4.78 is 34.7. The number of fused-ring (bicyclic) bond motifs is 1. The fourth-order valence-corrected chi connectivity index (χ4v) is 2.24. The van der Waals surface area contributed by atoms with Crippen molar-refractivity contribution in [3.63, 3.8) is 0 Å². The molecule has 1 aromatic heterocycles. The van der Waals surface area contributed by atoms with Crippen molar-refractivity contribution >= 4 is 5.82 Å². The van der Waals surface area contributed by atoms with Crippen LogP contribution in [0.3, 0.4) is 0 Å². The monoisotopic (exact) mass is 316 g/mol. The molecule has 0 unspecified atom stereocenters. The van der Waals surface area contributed by atoms with Gasteiger partial charge in [0.2, 0.25) is 0 Å². The van der Waals surface area contributed by atoms with Crippen molar-refractivity contribution in [3.8, 4) is 34.8 Å². The van der Waals surface area contributed by atoms with Crippen LogP contribution in [-0.4, -0.2) is 11.3 Å². The van der Waals surface area contributed by atoms with Crippen LogP contribution in [0.2, 0.25) is 0 Å². The molecule has 0 bridgehead atoms. The van der Waals surface area contributed by atoms with E-state index in [1.807, 2.05) is 0 Å². The maximum Gasteiger partial charge on any atom is 0.586 e. The molecule has 0 radical (unpaired) electrons. The van der Waals surface area contributed by atoms with Crippen LogP contribution < -0.4 is 20.8 Å². The zero-order chi connectivity index (χ0) is 16.8. The largest absolute Gasteiger partial charge is 0.586 e. The second-order valence-corrected chi connectivity index (χ2v) is 4.55. The van der Waals surface area contributed by atoms with E-state index in [0.717, 1.165) is 6.07 Å². The van der Waals surface area contributed by atoms with Crippen LogP contribution in [0, 0.1) is 22.7 Å². The van der Waals surface area contributed by atoms with Gasteiger partial charge in [0.25, 0.3) is 5.56 Å². The van der Waals surface area contributed by atoms with Crippen LogP contribution in [0.1, 0.15) is 11.1 Å². The quantitative estimate of drug-likeness (QED) is 0.824. The number of anilines is 1. The van der Waals surface area contributed by atoms with Crippen LogP contribution in [0.25, 0.3) is 11.1 Å². The van der Waals surface area contributed by atoms with E-state index in [2.05, 4.69) is 14.5 Å². The molecule has 7 nitrogen and oxygen atoms in total. The second-order valence-electron chi connectivity index (χ2n) is 4.55. The maximum absolute atomic E-state index is 13.1. The highest BCUT2D eigenvalue weighted by molar-refractivity contribution is 5.81. The van der Waals surface area contributed by atoms with Gasteiger partial charge in [-0.1, -0.05) is 6.07 Å². The van der Waals surface area contributed by atoms with Crippen molar-refractivity contribution in [2.45, 2.75) is 6.29 Å². The minimum Gasteiger partial charge on any atom is -0.395 e. The lowest BCUT2D eigenvalue weighted by molar-refractivity contribution is -0.286. The highest BCUT2D eigenvalue weighted by Crippen LogP contribution is 2.43. The van der Waals surface area contributed by atoms with Gasteiger partial charge in [-0.3, -0.25) is 4.79 Å². The van der Waals surface area contributed by atoms with E-state index in [0.29, 0.717) is 0 Å². The number of benzene rings is 1. The number of halogens is 2. The Kier molecular flexibility index (Phi) is 2.94. The average molecular weight is 316 g/mol. The molecule has 0 saturated heterocycles. The summed E-state index contributed by atoms with van der Waals surface area (Å²) in [5, 5.41) is 18.4. The minimum absolute atomic E-state index is 0.0575. The van der Waals surface area contributed by atoms with E-state index in [4.69, 9.17) is 11.0 Å². The van der Waals surface area contributed by atoms with E-state index in [1.54, 1.807) is 12.1 Å². The number of rotatable bonds is 1. The Bertz CT molecular complexity index is 970. The predicted octanol–water partition coefficient (Wildman–Crippen LogP) is 1.69. The maximum atomic E-state index is 13.1. The summed E-state index contributed by atoms with van der Waals surface area (Å²) in [6.07, 6.45) is -3.80. The molecule has 3 N–H and O–H groups in total. The van der Waals surface area contributed by atoms with Crippen molar-refractivity contribution in [2.24, 2.45) is 0 Å². The fraction of sp³-hybridized carbons (Fsp3) is 0.0714. The molecule has 3 rings (SSSR count). The van der Waals surface area contributed by atoms with Crippen molar-refractivity contribution in [1.29, 1.82) is 10.5 Å². The zero-order valence-electron chi connectivity index (χ0n) is 11.2. The number of ether oxygens (including phenoxy) is 2. The Morgan fingerprint density at radius 3 is 2.43 bits per heavy atom. The molecule has 1 aliphatic heterocycles. The van der Waals surface area contributed by atoms with Gasteiger partial charge in [-0.15, -0.1) is 8.78 Å². The summed E-state index contributed by atoms with van der Waals surface area (Å²) >= 11 is 0. The molecule has 0 fully saturated rings. The molecule has 1 aliphatic rings. The van der Waals surface area contributed by atoms with Gasteiger partial charge in [-0.05, 0) is 17.7 Å². The van der Waals surface area contributed by atoms with E-state index < -0.39 is 11.9 Å². The molecule has 0 atom stereocenters. The third-order valence-corrected chi connectivity index (χ3v) is 3.16. The topological polar surface area (TPSA) is 125 Å². The number of nitrogen functional groups attached to an aromatic ring is 1. The number of aromatic amines is 1. The number of nitrogens with two attached hydrogens (primary N) is 1. The number of hydrogen-bond donors (Lipinski definition) is 2. The molecule has 0 saturated carbocycles. The van der Waals surface area contributed by atoms with Gasteiger partial charge in [0, 0.05) is 5.56 Å². The van der Waals surface area contributed by atoms with E-state index in [9.17, 15) is 18.8 Å². The number of hydrogen-bond acceptors (Lipinski definition) is 6. The molecule has 1 aromatic carbocycles. The van der Waals surface area contributed by atoms with Gasteiger partial charge in [0.05, 0.1) is 0 Å². The van der Waals surface area contributed by atoms with E-state index in [1.165, 1.54) is 12.1 Å². The summed E-state index contributed by atoms with van der Waals surface area (Å²) in [6, 6.07) is 7.11. The molecular formula is C14H6F2N4O3. The molecule has 2 heterocycles. The minimum atomic E-state index is -3.80. The third kappa shape index (κ3) is 2.21. The molecule has 114 valence electrons. The Morgan fingerprint density at radius 1 is 1.13 bits per heavy atom. The number of pyridine rings is 1. The number of nitrogens with one attached hydrogen (secondary N) is 1. The van der Waals surface area contributed by atoms with Crippen molar-refractivity contribution in [2.75, 3.05) is 5.73 Å². The van der Waals surface area contributed by atoms with Crippen molar-refractivity contribution in [3.05, 3.63) is 39.7 Å². The lowest BCUT2D eigenvalue weighted by Crippen LogP contribution is -2.25. The van der Waals surface area contributed by atoms with Crippen molar-refractivity contribution in [1.82, 2.24) is 4.98 Å². The number of nitrogens with zero attached hydrogens (tertiary/aromatic N) is 2. The number of aromatic nitrogens is 1. The molecule has 0 spiro atoms. The zero-order valence-corrected chi connectivity index (χ0v) is 11.2. The molecule has 23 heavy (non-hydrogen) atoms. The summed E-state index contributed by atoms with van der Waals surface area (Å²) in [7, 11) is 0. The van der Waals surface area contributed by atoms with E-state index >= 15 is 0 Å². The Balaban J connectivity index is 2.28. The van der Waals surface area contributed by atoms with Gasteiger partial charge in [0.1, 0.15) is 29.1 Å². The van der Waals surface area contributed by atoms with Crippen LogP contribution >= 0.6 is 0 Å². The second kappa shape index (κ2) is 4.71. The van der Waals surface area contributed by atoms with Crippen LogP contribution in [0.4, 0.5) is 14.6 Å². The molecule has 2 aromatic rings. The Hall–Kier alpha value is -3.59. The first-order valence-corrected chi connectivity index (χ1v) is 6.12. The Labute approximate surface area is 127 Å². The van der Waals surface area contributed by atoms with Gasteiger partial charge >= 0.3 is 6.29 Å². The van der Waals surface area contributed by atoms with Crippen LogP contribution in [0.5, 0.6) is 11.5 Å². The Morgan fingerprint density at radius 2 is 1.78 bits per heavy atom. The van der Waals surface area contributed by atoms with Gasteiger partial charge in [-0.25, -0.2) is 0 Å². The molecule has 0 amide bonds. The SMILES string of the molecule is N#Cc1c(N)[nH]c(=O)c(C#N)c1-c1ccc2c(c1)OC(F)(F)O2. The van der Waals surface area contributed by atoms with Crippen LogP contribution in [0.15, 0.2) is 23.0 Å². The van der Waals surface area contributed by atoms with Gasteiger partial charge < -0.3 is 20.2 Å². The standard InChI is InChI=1S/C14H6F2N4O3/c15-14(16)22-9-2-1-6(3-10(9)23-14)11-7(4-17)12(19)20-13(21)8(11)5-18/h1-3H,(H3,19,20,21).